The van der Waals surface area contributed by atoms with E-state index in [1.54, 1.807) is 17.7 Å². The summed E-state index contributed by atoms with van der Waals surface area (Å²) in [4.78, 5) is 8.45. The average molecular weight is 353 g/mol. The predicted molar refractivity (Wildman–Crippen MR) is 83.1 cm³/mol. The Bertz CT molecular complexity index is 951. The van der Waals surface area contributed by atoms with E-state index in [9.17, 15) is 23.4 Å². The molecule has 2 N–H and O–H groups in total. The molecule has 0 saturated carbocycles. The van der Waals surface area contributed by atoms with Gasteiger partial charge in [-0.05, 0) is 24.3 Å². The summed E-state index contributed by atoms with van der Waals surface area (Å²) in [5, 5.41) is 19.4. The van der Waals surface area contributed by atoms with Crippen LogP contribution in [-0.2, 0) is 19.8 Å². The number of aromatic nitrogens is 3. The Morgan fingerprint density at radius 3 is 2.48 bits per heavy atom. The lowest BCUT2D eigenvalue weighted by Crippen LogP contribution is -2.04. The molecule has 0 aliphatic rings. The summed E-state index contributed by atoms with van der Waals surface area (Å²) >= 11 is 0. The molecule has 6 nitrogen and oxygen atoms in total. The smallest absolute Gasteiger partial charge is 0.416 e. The number of benzene rings is 1. The standard InChI is InChI=1S/C16H14F3N3O3/c1-22-11-5-8(7-23)15(25-2)21-13(11)20-14(22)10-4-3-9(6-12(10)24)16(17,18)19/h3-6,23-24H,7H2,1-2H3. The van der Waals surface area contributed by atoms with Crippen LogP contribution >= 0.6 is 0 Å². The van der Waals surface area contributed by atoms with Crippen LogP contribution in [0.3, 0.4) is 0 Å². The van der Waals surface area contributed by atoms with Gasteiger partial charge in [0.1, 0.15) is 11.6 Å². The number of alkyl halides is 3. The maximum absolute atomic E-state index is 12.7. The number of halogens is 3. The van der Waals surface area contributed by atoms with Crippen LogP contribution in [0.2, 0.25) is 0 Å². The third kappa shape index (κ3) is 2.86. The molecular formula is C16H14F3N3O3. The monoisotopic (exact) mass is 353 g/mol. The quantitative estimate of drug-likeness (QED) is 0.757. The van der Waals surface area contributed by atoms with Gasteiger partial charge >= 0.3 is 6.18 Å². The molecule has 1 aromatic carbocycles. The summed E-state index contributed by atoms with van der Waals surface area (Å²) in [5.74, 6) is -0.0928. The number of fused-ring (bicyclic) bond motifs is 1. The summed E-state index contributed by atoms with van der Waals surface area (Å²) in [7, 11) is 3.04. The molecule has 0 unspecified atom stereocenters. The van der Waals surface area contributed by atoms with E-state index in [0.29, 0.717) is 17.1 Å². The predicted octanol–water partition coefficient (Wildman–Crippen LogP) is 2.86. The van der Waals surface area contributed by atoms with E-state index in [1.165, 1.54) is 7.11 Å². The lowest BCUT2D eigenvalue weighted by Gasteiger charge is -2.10. The normalized spacial score (nSPS) is 11.9. The van der Waals surface area contributed by atoms with Crippen LogP contribution in [0.4, 0.5) is 13.2 Å². The molecule has 0 atom stereocenters. The number of phenolic OH excluding ortho intramolecular Hbond substituents is 1. The highest BCUT2D eigenvalue weighted by atomic mass is 19.4. The molecule has 2 heterocycles. The minimum Gasteiger partial charge on any atom is -0.507 e. The molecule has 9 heteroatoms. The summed E-state index contributed by atoms with van der Waals surface area (Å²) in [6, 6.07) is 4.31. The van der Waals surface area contributed by atoms with Gasteiger partial charge in [-0.15, -0.1) is 0 Å². The average Bonchev–Trinajstić information content (AvgIpc) is 2.88. The second kappa shape index (κ2) is 5.92. The van der Waals surface area contributed by atoms with E-state index >= 15 is 0 Å². The SMILES string of the molecule is COc1nc2nc(-c3ccc(C(F)(F)F)cc3O)n(C)c2cc1CO. The number of aromatic hydroxyl groups is 1. The Kier molecular flexibility index (Phi) is 4.03. The van der Waals surface area contributed by atoms with E-state index in [2.05, 4.69) is 9.97 Å². The molecule has 3 aromatic rings. The topological polar surface area (TPSA) is 80.4 Å². The van der Waals surface area contributed by atoms with Crippen LogP contribution in [0.15, 0.2) is 24.3 Å². The number of rotatable bonds is 3. The van der Waals surface area contributed by atoms with Gasteiger partial charge in [0, 0.05) is 12.6 Å². The van der Waals surface area contributed by atoms with Crippen LogP contribution in [0.1, 0.15) is 11.1 Å². The van der Waals surface area contributed by atoms with E-state index < -0.39 is 17.5 Å². The number of nitrogens with zero attached hydrogens (tertiary/aromatic N) is 3. The lowest BCUT2D eigenvalue weighted by atomic mass is 10.1. The molecule has 0 radical (unpaired) electrons. The molecule has 0 aliphatic carbocycles. The maximum Gasteiger partial charge on any atom is 0.416 e. The molecule has 0 aliphatic heterocycles. The fourth-order valence-electron chi connectivity index (χ4n) is 2.56. The van der Waals surface area contributed by atoms with Gasteiger partial charge in [0.25, 0.3) is 0 Å². The number of aryl methyl sites for hydroxylation is 1. The van der Waals surface area contributed by atoms with Crippen molar-refractivity contribution in [3.8, 4) is 23.0 Å². The van der Waals surface area contributed by atoms with Gasteiger partial charge in [-0.25, -0.2) is 4.98 Å². The number of aliphatic hydroxyl groups is 1. The largest absolute Gasteiger partial charge is 0.507 e. The van der Waals surface area contributed by atoms with Crippen LogP contribution in [-0.4, -0.2) is 31.9 Å². The fraction of sp³-hybridized carbons (Fsp3) is 0.250. The second-order valence-electron chi connectivity index (χ2n) is 5.38. The molecule has 0 fully saturated rings. The minimum atomic E-state index is -4.55. The number of methoxy groups -OCH3 is 1. The summed E-state index contributed by atoms with van der Waals surface area (Å²) in [6.45, 7) is -0.293. The first-order valence-corrected chi connectivity index (χ1v) is 7.18. The highest BCUT2D eigenvalue weighted by Crippen LogP contribution is 2.37. The van der Waals surface area contributed by atoms with Crippen LogP contribution in [0.5, 0.6) is 11.6 Å². The summed E-state index contributed by atoms with van der Waals surface area (Å²) in [6.07, 6.45) is -4.55. The number of pyridine rings is 1. The third-order valence-electron chi connectivity index (χ3n) is 3.84. The molecule has 25 heavy (non-hydrogen) atoms. The molecule has 0 amide bonds. The van der Waals surface area contributed by atoms with Gasteiger partial charge in [-0.1, -0.05) is 0 Å². The number of ether oxygens (including phenoxy) is 1. The third-order valence-corrected chi connectivity index (χ3v) is 3.84. The van der Waals surface area contributed by atoms with Crippen molar-refractivity contribution < 1.29 is 28.1 Å². The zero-order chi connectivity index (χ0) is 18.4. The highest BCUT2D eigenvalue weighted by Gasteiger charge is 2.31. The Labute approximate surface area is 140 Å². The van der Waals surface area contributed by atoms with Gasteiger partial charge < -0.3 is 19.5 Å². The van der Waals surface area contributed by atoms with Crippen molar-refractivity contribution >= 4 is 11.2 Å². The maximum atomic E-state index is 12.7. The number of hydrogen-bond donors (Lipinski definition) is 2. The van der Waals surface area contributed by atoms with E-state index in [0.717, 1.165) is 12.1 Å². The first-order chi connectivity index (χ1) is 11.8. The van der Waals surface area contributed by atoms with E-state index in [-0.39, 0.29) is 29.5 Å². The molecular weight excluding hydrogens is 339 g/mol. The van der Waals surface area contributed by atoms with E-state index in [4.69, 9.17) is 4.74 Å². The fourth-order valence-corrected chi connectivity index (χ4v) is 2.56. The van der Waals surface area contributed by atoms with Crippen molar-refractivity contribution in [2.75, 3.05) is 7.11 Å². The molecule has 2 aromatic heterocycles. The first-order valence-electron chi connectivity index (χ1n) is 7.18. The zero-order valence-corrected chi connectivity index (χ0v) is 13.3. The number of aliphatic hydroxyl groups excluding tert-OH is 1. The van der Waals surface area contributed by atoms with Crippen LogP contribution in [0.25, 0.3) is 22.6 Å². The molecule has 3 rings (SSSR count). The van der Waals surface area contributed by atoms with Gasteiger partial charge in [-0.2, -0.15) is 18.2 Å². The summed E-state index contributed by atoms with van der Waals surface area (Å²) < 4.78 is 44.9. The van der Waals surface area contributed by atoms with Gasteiger partial charge in [0.05, 0.1) is 30.4 Å². The molecule has 132 valence electrons. The number of phenols is 1. The molecule has 0 bridgehead atoms. The van der Waals surface area contributed by atoms with Crippen molar-refractivity contribution in [1.29, 1.82) is 0 Å². The van der Waals surface area contributed by atoms with E-state index in [1.807, 2.05) is 0 Å². The Hall–Kier alpha value is -2.81. The zero-order valence-electron chi connectivity index (χ0n) is 13.3. The lowest BCUT2D eigenvalue weighted by molar-refractivity contribution is -0.137. The van der Waals surface area contributed by atoms with Gasteiger partial charge in [0.2, 0.25) is 5.88 Å². The second-order valence-corrected chi connectivity index (χ2v) is 5.38. The molecule has 0 spiro atoms. The summed E-state index contributed by atoms with van der Waals surface area (Å²) in [5.41, 5.74) is 0.457. The van der Waals surface area contributed by atoms with Crippen molar-refractivity contribution in [2.45, 2.75) is 12.8 Å². The van der Waals surface area contributed by atoms with Crippen molar-refractivity contribution in [3.63, 3.8) is 0 Å². The Morgan fingerprint density at radius 1 is 1.20 bits per heavy atom. The highest BCUT2D eigenvalue weighted by molar-refractivity contribution is 5.80. The van der Waals surface area contributed by atoms with Crippen LogP contribution in [0, 0.1) is 0 Å². The van der Waals surface area contributed by atoms with Crippen molar-refractivity contribution in [2.24, 2.45) is 7.05 Å². The number of hydrogen-bond acceptors (Lipinski definition) is 5. The Morgan fingerprint density at radius 2 is 1.92 bits per heavy atom. The molecule has 0 saturated heterocycles. The first kappa shape index (κ1) is 17.0. The number of imidazole rings is 1. The van der Waals surface area contributed by atoms with Crippen molar-refractivity contribution in [3.05, 3.63) is 35.4 Å². The van der Waals surface area contributed by atoms with Crippen molar-refractivity contribution in [1.82, 2.24) is 14.5 Å². The van der Waals surface area contributed by atoms with Gasteiger partial charge in [0.15, 0.2) is 5.65 Å². The Balaban J connectivity index is 2.18. The van der Waals surface area contributed by atoms with Crippen LogP contribution < -0.4 is 4.74 Å². The van der Waals surface area contributed by atoms with Gasteiger partial charge in [-0.3, -0.25) is 0 Å². The minimum absolute atomic E-state index is 0.137.